The first-order valence-electron chi connectivity index (χ1n) is 8.91. The molecule has 0 radical (unpaired) electrons. The smallest absolute Gasteiger partial charge is 0.193 e. The summed E-state index contributed by atoms with van der Waals surface area (Å²) >= 11 is 0. The summed E-state index contributed by atoms with van der Waals surface area (Å²) in [6, 6.07) is 8.36. The number of aryl methyl sites for hydroxylation is 1. The molecule has 0 bridgehead atoms. The van der Waals surface area contributed by atoms with E-state index in [2.05, 4.69) is 41.5 Å². The normalized spacial score (nSPS) is 17.4. The molecule has 1 saturated carbocycles. The molecule has 0 saturated heterocycles. The van der Waals surface area contributed by atoms with Crippen LogP contribution < -0.4 is 11.1 Å². The number of nitrogens with zero attached hydrogens (tertiary/aromatic N) is 1. The standard InChI is InChI=1S/C19H31N3O/c1-3-16-7-9-17(10-8-16)22-18(20)21-15-19(11-5-6-12-19)13-14-23-4-2/h7-10H,3-6,11-15H2,1-2H3,(H3,20,21,22). The van der Waals surface area contributed by atoms with Gasteiger partial charge in [0.1, 0.15) is 0 Å². The zero-order chi connectivity index (χ0) is 16.5. The summed E-state index contributed by atoms with van der Waals surface area (Å²) < 4.78 is 5.55. The van der Waals surface area contributed by atoms with Crippen molar-refractivity contribution in [2.75, 3.05) is 25.1 Å². The van der Waals surface area contributed by atoms with Crippen molar-refractivity contribution in [1.29, 1.82) is 0 Å². The molecular weight excluding hydrogens is 286 g/mol. The van der Waals surface area contributed by atoms with Crippen molar-refractivity contribution < 1.29 is 4.74 Å². The monoisotopic (exact) mass is 317 g/mol. The van der Waals surface area contributed by atoms with Gasteiger partial charge in [-0.3, -0.25) is 4.99 Å². The number of anilines is 1. The zero-order valence-electron chi connectivity index (χ0n) is 14.6. The number of nitrogens with one attached hydrogen (secondary N) is 1. The molecular formula is C19H31N3O. The number of rotatable bonds is 8. The number of hydrogen-bond donors (Lipinski definition) is 2. The lowest BCUT2D eigenvalue weighted by molar-refractivity contribution is 0.107. The molecule has 0 amide bonds. The van der Waals surface area contributed by atoms with E-state index in [1.807, 2.05) is 6.92 Å². The second kappa shape index (κ2) is 8.92. The minimum atomic E-state index is 0.285. The topological polar surface area (TPSA) is 59.6 Å². The third-order valence-corrected chi connectivity index (χ3v) is 4.86. The fourth-order valence-corrected chi connectivity index (χ4v) is 3.31. The first kappa shape index (κ1) is 17.8. The number of hydrogen-bond acceptors (Lipinski definition) is 2. The van der Waals surface area contributed by atoms with E-state index in [-0.39, 0.29) is 5.41 Å². The fraction of sp³-hybridized carbons (Fsp3) is 0.632. The van der Waals surface area contributed by atoms with Crippen LogP contribution in [0.5, 0.6) is 0 Å². The summed E-state index contributed by atoms with van der Waals surface area (Å²) in [6.07, 6.45) is 7.21. The Kier molecular flexibility index (Phi) is 6.90. The number of aliphatic imine (C=N–C) groups is 1. The van der Waals surface area contributed by atoms with Crippen LogP contribution in [0, 0.1) is 5.41 Å². The van der Waals surface area contributed by atoms with Crippen LogP contribution in [-0.4, -0.2) is 25.7 Å². The lowest BCUT2D eigenvalue weighted by Crippen LogP contribution is -2.28. The van der Waals surface area contributed by atoms with Crippen LogP contribution in [0.25, 0.3) is 0 Å². The molecule has 1 aromatic rings. The van der Waals surface area contributed by atoms with Crippen molar-refractivity contribution in [3.05, 3.63) is 29.8 Å². The van der Waals surface area contributed by atoms with E-state index >= 15 is 0 Å². The van der Waals surface area contributed by atoms with Crippen molar-refractivity contribution in [3.63, 3.8) is 0 Å². The maximum atomic E-state index is 6.08. The lowest BCUT2D eigenvalue weighted by Gasteiger charge is -2.27. The van der Waals surface area contributed by atoms with Crippen molar-refractivity contribution in [2.45, 2.75) is 52.4 Å². The summed E-state index contributed by atoms with van der Waals surface area (Å²) in [5.74, 6) is 0.511. The molecule has 0 atom stereocenters. The Labute approximate surface area is 140 Å². The highest BCUT2D eigenvalue weighted by atomic mass is 16.5. The Balaban J connectivity index is 1.90. The lowest BCUT2D eigenvalue weighted by atomic mass is 9.83. The second-order valence-corrected chi connectivity index (χ2v) is 6.53. The van der Waals surface area contributed by atoms with E-state index in [9.17, 15) is 0 Å². The number of guanidine groups is 1. The molecule has 1 aliphatic rings. The molecule has 1 aromatic carbocycles. The van der Waals surface area contributed by atoms with Gasteiger partial charge in [-0.05, 0) is 55.7 Å². The van der Waals surface area contributed by atoms with E-state index in [1.54, 1.807) is 0 Å². The summed E-state index contributed by atoms with van der Waals surface area (Å²) in [5.41, 5.74) is 8.69. The van der Waals surface area contributed by atoms with Crippen molar-refractivity contribution in [2.24, 2.45) is 16.1 Å². The van der Waals surface area contributed by atoms with Crippen molar-refractivity contribution in [1.82, 2.24) is 0 Å². The van der Waals surface area contributed by atoms with Gasteiger partial charge in [0.15, 0.2) is 5.96 Å². The molecule has 128 valence electrons. The van der Waals surface area contributed by atoms with Crippen LogP contribution in [0.15, 0.2) is 29.3 Å². The van der Waals surface area contributed by atoms with Gasteiger partial charge in [-0.15, -0.1) is 0 Å². The molecule has 1 fully saturated rings. The third-order valence-electron chi connectivity index (χ3n) is 4.86. The molecule has 2 rings (SSSR count). The van der Waals surface area contributed by atoms with Crippen LogP contribution in [0.2, 0.25) is 0 Å². The van der Waals surface area contributed by atoms with Crippen molar-refractivity contribution in [3.8, 4) is 0 Å². The molecule has 4 nitrogen and oxygen atoms in total. The highest BCUT2D eigenvalue weighted by Crippen LogP contribution is 2.41. The third kappa shape index (κ3) is 5.54. The van der Waals surface area contributed by atoms with E-state index in [1.165, 1.54) is 31.2 Å². The fourth-order valence-electron chi connectivity index (χ4n) is 3.31. The predicted octanol–water partition coefficient (Wildman–Crippen LogP) is 3.96. The maximum absolute atomic E-state index is 6.08. The van der Waals surface area contributed by atoms with Gasteiger partial charge in [-0.2, -0.15) is 0 Å². The summed E-state index contributed by atoms with van der Waals surface area (Å²) in [5, 5.41) is 3.20. The van der Waals surface area contributed by atoms with E-state index in [4.69, 9.17) is 10.5 Å². The average molecular weight is 317 g/mol. The Bertz CT molecular complexity index is 490. The first-order valence-corrected chi connectivity index (χ1v) is 8.91. The van der Waals surface area contributed by atoms with Crippen LogP contribution in [0.3, 0.4) is 0 Å². The number of ether oxygens (including phenoxy) is 1. The van der Waals surface area contributed by atoms with Crippen LogP contribution >= 0.6 is 0 Å². The number of benzene rings is 1. The highest BCUT2D eigenvalue weighted by Gasteiger charge is 2.33. The molecule has 0 unspecified atom stereocenters. The maximum Gasteiger partial charge on any atom is 0.193 e. The van der Waals surface area contributed by atoms with Gasteiger partial charge in [0, 0.05) is 25.4 Å². The van der Waals surface area contributed by atoms with Gasteiger partial charge in [0.05, 0.1) is 0 Å². The molecule has 0 aliphatic heterocycles. The molecule has 0 spiro atoms. The van der Waals surface area contributed by atoms with Gasteiger partial charge in [-0.1, -0.05) is 31.9 Å². The Morgan fingerprint density at radius 1 is 1.22 bits per heavy atom. The highest BCUT2D eigenvalue weighted by molar-refractivity contribution is 5.92. The minimum Gasteiger partial charge on any atom is -0.382 e. The largest absolute Gasteiger partial charge is 0.382 e. The number of nitrogens with two attached hydrogens (primary N) is 1. The van der Waals surface area contributed by atoms with Crippen LogP contribution in [0.4, 0.5) is 5.69 Å². The van der Waals surface area contributed by atoms with Crippen LogP contribution in [-0.2, 0) is 11.2 Å². The second-order valence-electron chi connectivity index (χ2n) is 6.53. The van der Waals surface area contributed by atoms with Gasteiger partial charge in [0.2, 0.25) is 0 Å². The summed E-state index contributed by atoms with van der Waals surface area (Å²) in [7, 11) is 0. The summed E-state index contributed by atoms with van der Waals surface area (Å²) in [6.45, 7) is 6.62. The Morgan fingerprint density at radius 3 is 2.52 bits per heavy atom. The molecule has 0 aromatic heterocycles. The Hall–Kier alpha value is -1.55. The SMILES string of the molecule is CCOCCC1(CN=C(N)Nc2ccc(CC)cc2)CCCC1. The van der Waals surface area contributed by atoms with Gasteiger partial charge in [-0.25, -0.2) is 0 Å². The minimum absolute atomic E-state index is 0.285. The van der Waals surface area contributed by atoms with Gasteiger partial charge in [0.25, 0.3) is 0 Å². The molecule has 23 heavy (non-hydrogen) atoms. The molecule has 1 aliphatic carbocycles. The first-order chi connectivity index (χ1) is 11.2. The van der Waals surface area contributed by atoms with Crippen molar-refractivity contribution >= 4 is 11.6 Å². The van der Waals surface area contributed by atoms with Gasteiger partial charge < -0.3 is 15.8 Å². The van der Waals surface area contributed by atoms with E-state index < -0.39 is 0 Å². The molecule has 0 heterocycles. The molecule has 3 N–H and O–H groups in total. The average Bonchev–Trinajstić information content (AvgIpc) is 3.03. The van der Waals surface area contributed by atoms with E-state index in [0.717, 1.165) is 38.3 Å². The predicted molar refractivity (Wildman–Crippen MR) is 97.9 cm³/mol. The summed E-state index contributed by atoms with van der Waals surface area (Å²) in [4.78, 5) is 4.62. The Morgan fingerprint density at radius 2 is 1.91 bits per heavy atom. The quantitative estimate of drug-likeness (QED) is 0.433. The zero-order valence-corrected chi connectivity index (χ0v) is 14.6. The van der Waals surface area contributed by atoms with Gasteiger partial charge >= 0.3 is 0 Å². The molecule has 4 heteroatoms. The van der Waals surface area contributed by atoms with Crippen LogP contribution in [0.1, 0.15) is 51.5 Å². The van der Waals surface area contributed by atoms with E-state index in [0.29, 0.717) is 5.96 Å².